The molecule has 3 aromatic rings. The van der Waals surface area contributed by atoms with Gasteiger partial charge in [-0.1, -0.05) is 23.7 Å². The Bertz CT molecular complexity index is 1080. The van der Waals surface area contributed by atoms with Crippen LogP contribution in [0.1, 0.15) is 34.2 Å². The molecule has 1 aromatic carbocycles. The van der Waals surface area contributed by atoms with Crippen LogP contribution in [0.25, 0.3) is 11.3 Å². The van der Waals surface area contributed by atoms with E-state index in [1.807, 2.05) is 37.3 Å². The molecule has 0 atom stereocenters. The summed E-state index contributed by atoms with van der Waals surface area (Å²) in [6.07, 6.45) is 4.21. The van der Waals surface area contributed by atoms with E-state index in [1.165, 1.54) is 0 Å². The number of pyridine rings is 2. The smallest absolute Gasteiger partial charge is 0.307 e. The maximum Gasteiger partial charge on any atom is 0.307 e. The van der Waals surface area contributed by atoms with E-state index in [-0.39, 0.29) is 6.42 Å². The standard InChI is InChI=1S/C23H21ClN2O3/c1-14-8-17(11-23(27)28)15-4-2-5-16-10-21(24)25-12-18(16)13-29-22-7-3-6-20(26-22)19(14)9-15/h3,6-10,12H,2,4-5,11,13H2,1H3,(H,27,28). The highest BCUT2D eigenvalue weighted by Gasteiger charge is 2.15. The third-order valence-corrected chi connectivity index (χ3v) is 5.41. The summed E-state index contributed by atoms with van der Waals surface area (Å²) in [7, 11) is 0. The van der Waals surface area contributed by atoms with Crippen molar-refractivity contribution in [2.24, 2.45) is 0 Å². The molecule has 1 N–H and O–H groups in total. The molecule has 0 amide bonds. The summed E-state index contributed by atoms with van der Waals surface area (Å²) in [6, 6.07) is 11.6. The largest absolute Gasteiger partial charge is 0.481 e. The fraction of sp³-hybridized carbons (Fsp3) is 0.261. The second-order valence-electron chi connectivity index (χ2n) is 7.29. The zero-order chi connectivity index (χ0) is 20.4. The molecular formula is C23H21ClN2O3. The lowest BCUT2D eigenvalue weighted by Gasteiger charge is -2.14. The summed E-state index contributed by atoms with van der Waals surface area (Å²) in [5.74, 6) is -0.286. The Morgan fingerprint density at radius 1 is 1.17 bits per heavy atom. The number of ether oxygens (including phenoxy) is 1. The molecule has 29 heavy (non-hydrogen) atoms. The Morgan fingerprint density at radius 3 is 2.83 bits per heavy atom. The van der Waals surface area contributed by atoms with Crippen molar-refractivity contribution in [3.05, 3.63) is 75.6 Å². The Labute approximate surface area is 174 Å². The molecule has 1 aliphatic heterocycles. The highest BCUT2D eigenvalue weighted by molar-refractivity contribution is 6.29. The van der Waals surface area contributed by atoms with Crippen molar-refractivity contribution >= 4 is 17.6 Å². The molecule has 0 unspecified atom stereocenters. The van der Waals surface area contributed by atoms with Crippen molar-refractivity contribution < 1.29 is 14.6 Å². The van der Waals surface area contributed by atoms with Gasteiger partial charge < -0.3 is 9.84 Å². The molecule has 0 spiro atoms. The maximum absolute atomic E-state index is 11.4. The van der Waals surface area contributed by atoms with Gasteiger partial charge in [-0.25, -0.2) is 9.97 Å². The number of aromatic nitrogens is 2. The molecule has 1 aliphatic rings. The Kier molecular flexibility index (Phi) is 5.49. The predicted molar refractivity (Wildman–Crippen MR) is 111 cm³/mol. The second kappa shape index (κ2) is 8.21. The number of aliphatic carboxylic acids is 1. The van der Waals surface area contributed by atoms with Gasteiger partial charge in [0.05, 0.1) is 12.1 Å². The monoisotopic (exact) mass is 408 g/mol. The normalized spacial score (nSPS) is 13.3. The van der Waals surface area contributed by atoms with E-state index in [2.05, 4.69) is 16.0 Å². The lowest BCUT2D eigenvalue weighted by atomic mass is 9.92. The zero-order valence-corrected chi connectivity index (χ0v) is 16.9. The molecule has 0 saturated heterocycles. The van der Waals surface area contributed by atoms with Crippen molar-refractivity contribution in [2.75, 3.05) is 0 Å². The number of benzene rings is 1. The predicted octanol–water partition coefficient (Wildman–Crippen LogP) is 4.80. The van der Waals surface area contributed by atoms with E-state index >= 15 is 0 Å². The minimum Gasteiger partial charge on any atom is -0.481 e. The van der Waals surface area contributed by atoms with Crippen LogP contribution < -0.4 is 4.74 Å². The van der Waals surface area contributed by atoms with Crippen LogP contribution in [0.4, 0.5) is 0 Å². The van der Waals surface area contributed by atoms with Crippen LogP contribution in [0.2, 0.25) is 5.15 Å². The molecule has 5 nitrogen and oxygen atoms in total. The lowest BCUT2D eigenvalue weighted by molar-refractivity contribution is -0.136. The summed E-state index contributed by atoms with van der Waals surface area (Å²) in [5.41, 5.74) is 6.79. The molecule has 0 aliphatic carbocycles. The molecule has 0 radical (unpaired) electrons. The van der Waals surface area contributed by atoms with Gasteiger partial charge in [0.2, 0.25) is 5.88 Å². The van der Waals surface area contributed by atoms with Gasteiger partial charge in [-0.15, -0.1) is 0 Å². The van der Waals surface area contributed by atoms with Gasteiger partial charge in [0, 0.05) is 23.4 Å². The van der Waals surface area contributed by atoms with Gasteiger partial charge in [0.15, 0.2) is 0 Å². The van der Waals surface area contributed by atoms with E-state index in [9.17, 15) is 9.90 Å². The van der Waals surface area contributed by atoms with E-state index < -0.39 is 5.97 Å². The minimum absolute atomic E-state index is 0.0133. The number of aryl methyl sites for hydroxylation is 3. The first-order valence-electron chi connectivity index (χ1n) is 9.57. The Hall–Kier alpha value is -2.92. The van der Waals surface area contributed by atoms with E-state index in [0.29, 0.717) is 17.6 Å². The summed E-state index contributed by atoms with van der Waals surface area (Å²) >= 11 is 6.11. The van der Waals surface area contributed by atoms with Crippen LogP contribution in [-0.2, 0) is 30.7 Å². The molecule has 148 valence electrons. The highest BCUT2D eigenvalue weighted by atomic mass is 35.5. The number of carboxylic acids is 1. The van der Waals surface area contributed by atoms with E-state index in [4.69, 9.17) is 16.3 Å². The molecule has 4 bridgehead atoms. The maximum atomic E-state index is 11.4. The van der Waals surface area contributed by atoms with Crippen LogP contribution in [0, 0.1) is 6.92 Å². The van der Waals surface area contributed by atoms with Gasteiger partial charge in [-0.05, 0) is 66.6 Å². The zero-order valence-electron chi connectivity index (χ0n) is 16.1. The number of rotatable bonds is 2. The quantitative estimate of drug-likeness (QED) is 0.616. The van der Waals surface area contributed by atoms with E-state index in [1.54, 1.807) is 6.20 Å². The summed E-state index contributed by atoms with van der Waals surface area (Å²) in [6.45, 7) is 2.36. The topological polar surface area (TPSA) is 72.3 Å². The van der Waals surface area contributed by atoms with Crippen molar-refractivity contribution in [2.45, 2.75) is 39.2 Å². The summed E-state index contributed by atoms with van der Waals surface area (Å²) < 4.78 is 5.94. The van der Waals surface area contributed by atoms with E-state index in [0.717, 1.165) is 58.3 Å². The molecule has 6 heteroatoms. The van der Waals surface area contributed by atoms with Crippen molar-refractivity contribution in [1.29, 1.82) is 0 Å². The molecular weight excluding hydrogens is 388 g/mol. The number of hydrogen-bond donors (Lipinski definition) is 1. The molecule has 0 saturated carbocycles. The number of halogens is 1. The number of carboxylic acid groups (broad SMARTS) is 1. The van der Waals surface area contributed by atoms with Crippen LogP contribution >= 0.6 is 11.6 Å². The van der Waals surface area contributed by atoms with Crippen molar-refractivity contribution in [1.82, 2.24) is 9.97 Å². The van der Waals surface area contributed by atoms with Crippen LogP contribution in [0.15, 0.2) is 42.6 Å². The molecule has 0 fully saturated rings. The average molecular weight is 409 g/mol. The van der Waals surface area contributed by atoms with Gasteiger partial charge in [0.1, 0.15) is 11.8 Å². The third kappa shape index (κ3) is 4.40. The van der Waals surface area contributed by atoms with Crippen molar-refractivity contribution in [3.63, 3.8) is 0 Å². The highest BCUT2D eigenvalue weighted by Crippen LogP contribution is 2.29. The van der Waals surface area contributed by atoms with Gasteiger partial charge in [0.25, 0.3) is 0 Å². The summed E-state index contributed by atoms with van der Waals surface area (Å²) in [5, 5.41) is 9.79. The number of fused-ring (bicyclic) bond motifs is 6. The van der Waals surface area contributed by atoms with Crippen LogP contribution in [0.5, 0.6) is 5.88 Å². The average Bonchev–Trinajstić information content (AvgIpc) is 2.69. The van der Waals surface area contributed by atoms with Gasteiger partial charge in [-0.3, -0.25) is 4.79 Å². The van der Waals surface area contributed by atoms with Crippen molar-refractivity contribution in [3.8, 4) is 17.1 Å². The second-order valence-corrected chi connectivity index (χ2v) is 7.67. The van der Waals surface area contributed by atoms with Gasteiger partial charge >= 0.3 is 5.97 Å². The number of nitrogens with zero attached hydrogens (tertiary/aromatic N) is 2. The third-order valence-electron chi connectivity index (χ3n) is 5.21. The van der Waals surface area contributed by atoms with Crippen LogP contribution in [0.3, 0.4) is 0 Å². The minimum atomic E-state index is -0.826. The first kappa shape index (κ1) is 19.4. The number of hydrogen-bond acceptors (Lipinski definition) is 4. The fourth-order valence-electron chi connectivity index (χ4n) is 3.77. The molecule has 2 aromatic heterocycles. The Balaban J connectivity index is 1.81. The molecule has 4 rings (SSSR count). The Morgan fingerprint density at radius 2 is 2.00 bits per heavy atom. The number of carbonyl (C=O) groups is 1. The lowest BCUT2D eigenvalue weighted by Crippen LogP contribution is -2.06. The first-order valence-corrected chi connectivity index (χ1v) is 9.95. The van der Waals surface area contributed by atoms with Gasteiger partial charge in [-0.2, -0.15) is 0 Å². The first-order chi connectivity index (χ1) is 14.0. The summed E-state index contributed by atoms with van der Waals surface area (Å²) in [4.78, 5) is 20.2. The fourth-order valence-corrected chi connectivity index (χ4v) is 3.95. The SMILES string of the molecule is Cc1cc(CC(=O)O)c2cc1-c1cccc(n1)OCc1cnc(Cl)cc1CCC2. The van der Waals surface area contributed by atoms with Crippen LogP contribution in [-0.4, -0.2) is 21.0 Å². The molecule has 3 heterocycles.